The van der Waals surface area contributed by atoms with Crippen LogP contribution in [-0.4, -0.2) is 11.1 Å². The van der Waals surface area contributed by atoms with Gasteiger partial charge in [-0.2, -0.15) is 0 Å². The first-order valence-electron chi connectivity index (χ1n) is 7.11. The zero-order valence-electron chi connectivity index (χ0n) is 11.5. The first kappa shape index (κ1) is 16.2. The van der Waals surface area contributed by atoms with Crippen molar-refractivity contribution in [2.75, 3.05) is 0 Å². The van der Waals surface area contributed by atoms with E-state index < -0.39 is 5.97 Å². The first-order valence-corrected chi connectivity index (χ1v) is 7.11. The van der Waals surface area contributed by atoms with Gasteiger partial charge in [-0.05, 0) is 12.8 Å². The van der Waals surface area contributed by atoms with E-state index in [-0.39, 0.29) is 5.92 Å². The Balaban J connectivity index is 3.75. The highest BCUT2D eigenvalue weighted by Crippen LogP contribution is 2.14. The Hall–Kier alpha value is -0.790. The number of hydrogen-bond acceptors (Lipinski definition) is 1. The number of aliphatic carboxylic acids is 1. The summed E-state index contributed by atoms with van der Waals surface area (Å²) < 4.78 is 0. The third kappa shape index (κ3) is 10.1. The molecule has 0 aromatic heterocycles. The van der Waals surface area contributed by atoms with Gasteiger partial charge in [0.2, 0.25) is 0 Å². The van der Waals surface area contributed by atoms with E-state index in [1.54, 1.807) is 0 Å². The quantitative estimate of drug-likeness (QED) is 0.416. The zero-order valence-corrected chi connectivity index (χ0v) is 11.5. The molecule has 0 rings (SSSR count). The van der Waals surface area contributed by atoms with Gasteiger partial charge in [-0.25, -0.2) is 0 Å². The molecule has 0 aromatic rings. The third-order valence-electron chi connectivity index (χ3n) is 3.03. The molecule has 1 N–H and O–H groups in total. The Bertz CT molecular complexity index is 209. The lowest BCUT2D eigenvalue weighted by molar-refractivity contribution is -0.140. The molecule has 0 aliphatic rings. The summed E-state index contributed by atoms with van der Waals surface area (Å²) in [6.45, 7) is 4.34. The predicted molar refractivity (Wildman–Crippen MR) is 73.2 cm³/mol. The maximum absolute atomic E-state index is 11.0. The molecule has 0 saturated heterocycles. The Morgan fingerprint density at radius 1 is 1.06 bits per heavy atom. The minimum atomic E-state index is -0.673. The number of rotatable bonds is 11. The van der Waals surface area contributed by atoms with E-state index in [0.717, 1.165) is 25.7 Å². The van der Waals surface area contributed by atoms with E-state index in [2.05, 4.69) is 13.8 Å². The second kappa shape index (κ2) is 11.7. The van der Waals surface area contributed by atoms with Crippen molar-refractivity contribution in [3.63, 3.8) is 0 Å². The van der Waals surface area contributed by atoms with Gasteiger partial charge in [-0.15, -0.1) is 0 Å². The highest BCUT2D eigenvalue weighted by molar-refractivity contribution is 5.72. The summed E-state index contributed by atoms with van der Waals surface area (Å²) in [6.07, 6.45) is 14.0. The van der Waals surface area contributed by atoms with Crippen molar-refractivity contribution < 1.29 is 9.90 Å². The van der Waals surface area contributed by atoms with E-state index in [1.807, 2.05) is 12.2 Å². The van der Waals surface area contributed by atoms with Gasteiger partial charge in [0.25, 0.3) is 0 Å². The number of carbonyl (C=O) groups is 1. The van der Waals surface area contributed by atoms with Crippen molar-refractivity contribution >= 4 is 5.97 Å². The van der Waals surface area contributed by atoms with Gasteiger partial charge in [0, 0.05) is 0 Å². The normalized spacial score (nSPS) is 13.1. The molecule has 0 aliphatic heterocycles. The molecule has 0 radical (unpaired) electrons. The standard InChI is InChI=1S/C15H28O2/c1-3-5-7-9-11-13-14(15(16)17)12-10-8-6-4-2/h10,12,14H,3-9,11,13H2,1-2H3,(H,16,17)/b12-10+. The van der Waals surface area contributed by atoms with Crippen molar-refractivity contribution in [1.29, 1.82) is 0 Å². The monoisotopic (exact) mass is 240 g/mol. The molecule has 0 heterocycles. The van der Waals surface area contributed by atoms with E-state index >= 15 is 0 Å². The summed E-state index contributed by atoms with van der Waals surface area (Å²) in [7, 11) is 0. The zero-order chi connectivity index (χ0) is 12.9. The molecular formula is C15H28O2. The van der Waals surface area contributed by atoms with Crippen LogP contribution in [0.1, 0.15) is 71.6 Å². The van der Waals surface area contributed by atoms with E-state index in [9.17, 15) is 4.79 Å². The number of allylic oxidation sites excluding steroid dienone is 1. The molecule has 1 unspecified atom stereocenters. The van der Waals surface area contributed by atoms with Crippen molar-refractivity contribution in [2.45, 2.75) is 71.6 Å². The van der Waals surface area contributed by atoms with Crippen LogP contribution in [0.2, 0.25) is 0 Å². The minimum Gasteiger partial charge on any atom is -0.481 e. The molecule has 0 amide bonds. The maximum atomic E-state index is 11.0. The van der Waals surface area contributed by atoms with Crippen LogP contribution in [0.5, 0.6) is 0 Å². The van der Waals surface area contributed by atoms with E-state index in [1.165, 1.54) is 32.1 Å². The summed E-state index contributed by atoms with van der Waals surface area (Å²) >= 11 is 0. The molecule has 17 heavy (non-hydrogen) atoms. The minimum absolute atomic E-state index is 0.270. The molecule has 0 bridgehead atoms. The SMILES string of the molecule is CCCC/C=C/C(CCCCCCC)C(=O)O. The molecule has 0 saturated carbocycles. The average Bonchev–Trinajstić information content (AvgIpc) is 2.31. The summed E-state index contributed by atoms with van der Waals surface area (Å²) in [4.78, 5) is 11.0. The van der Waals surface area contributed by atoms with Gasteiger partial charge >= 0.3 is 5.97 Å². The van der Waals surface area contributed by atoms with Crippen molar-refractivity contribution in [1.82, 2.24) is 0 Å². The van der Waals surface area contributed by atoms with Crippen LogP contribution in [0.3, 0.4) is 0 Å². The fraction of sp³-hybridized carbons (Fsp3) is 0.800. The Morgan fingerprint density at radius 3 is 2.29 bits per heavy atom. The average molecular weight is 240 g/mol. The Labute approximate surface area is 106 Å². The predicted octanol–water partition coefficient (Wildman–Crippen LogP) is 4.79. The molecule has 0 aromatic carbocycles. The van der Waals surface area contributed by atoms with Gasteiger partial charge in [-0.1, -0.05) is 70.9 Å². The van der Waals surface area contributed by atoms with Crippen LogP contribution in [0.4, 0.5) is 0 Å². The second-order valence-corrected chi connectivity index (χ2v) is 4.72. The summed E-state index contributed by atoms with van der Waals surface area (Å²) in [6, 6.07) is 0. The topological polar surface area (TPSA) is 37.3 Å². The molecule has 100 valence electrons. The van der Waals surface area contributed by atoms with Crippen LogP contribution < -0.4 is 0 Å². The molecular weight excluding hydrogens is 212 g/mol. The van der Waals surface area contributed by atoms with Gasteiger partial charge in [0.15, 0.2) is 0 Å². The summed E-state index contributed by atoms with van der Waals surface area (Å²) in [5.41, 5.74) is 0. The maximum Gasteiger partial charge on any atom is 0.310 e. The first-order chi connectivity index (χ1) is 8.22. The fourth-order valence-electron chi connectivity index (χ4n) is 1.85. The van der Waals surface area contributed by atoms with Crippen LogP contribution in [0, 0.1) is 5.92 Å². The number of unbranched alkanes of at least 4 members (excludes halogenated alkanes) is 6. The van der Waals surface area contributed by atoms with Gasteiger partial charge in [-0.3, -0.25) is 4.79 Å². The summed E-state index contributed by atoms with van der Waals surface area (Å²) in [5.74, 6) is -0.943. The lowest BCUT2D eigenvalue weighted by Crippen LogP contribution is -2.10. The Kier molecular flexibility index (Phi) is 11.1. The number of carboxylic acid groups (broad SMARTS) is 1. The molecule has 1 atom stereocenters. The van der Waals surface area contributed by atoms with Gasteiger partial charge in [0.05, 0.1) is 5.92 Å². The lowest BCUT2D eigenvalue weighted by Gasteiger charge is -2.07. The van der Waals surface area contributed by atoms with Crippen LogP contribution in [0.25, 0.3) is 0 Å². The number of carboxylic acids is 1. The van der Waals surface area contributed by atoms with Crippen LogP contribution in [0.15, 0.2) is 12.2 Å². The van der Waals surface area contributed by atoms with Crippen LogP contribution in [-0.2, 0) is 4.79 Å². The lowest BCUT2D eigenvalue weighted by atomic mass is 9.99. The molecule has 0 aliphatic carbocycles. The van der Waals surface area contributed by atoms with Crippen molar-refractivity contribution in [3.05, 3.63) is 12.2 Å². The fourth-order valence-corrected chi connectivity index (χ4v) is 1.85. The number of hydrogen-bond donors (Lipinski definition) is 1. The highest BCUT2D eigenvalue weighted by Gasteiger charge is 2.12. The van der Waals surface area contributed by atoms with Gasteiger partial charge in [0.1, 0.15) is 0 Å². The highest BCUT2D eigenvalue weighted by atomic mass is 16.4. The van der Waals surface area contributed by atoms with Crippen molar-refractivity contribution in [2.24, 2.45) is 5.92 Å². The molecule has 0 fully saturated rings. The second-order valence-electron chi connectivity index (χ2n) is 4.72. The van der Waals surface area contributed by atoms with E-state index in [0.29, 0.717) is 0 Å². The van der Waals surface area contributed by atoms with Crippen LogP contribution >= 0.6 is 0 Å². The smallest absolute Gasteiger partial charge is 0.310 e. The Morgan fingerprint density at radius 2 is 1.71 bits per heavy atom. The molecule has 2 heteroatoms. The van der Waals surface area contributed by atoms with E-state index in [4.69, 9.17) is 5.11 Å². The van der Waals surface area contributed by atoms with Crippen molar-refractivity contribution in [3.8, 4) is 0 Å². The largest absolute Gasteiger partial charge is 0.481 e. The van der Waals surface area contributed by atoms with Gasteiger partial charge < -0.3 is 5.11 Å². The molecule has 0 spiro atoms. The summed E-state index contributed by atoms with van der Waals surface area (Å²) in [5, 5.41) is 9.08. The molecule has 2 nitrogen and oxygen atoms in total. The third-order valence-corrected chi connectivity index (χ3v) is 3.03.